The fourth-order valence-corrected chi connectivity index (χ4v) is 2.54. The van der Waals surface area contributed by atoms with Gasteiger partial charge in [0.2, 0.25) is 0 Å². The number of anilines is 1. The van der Waals surface area contributed by atoms with E-state index in [0.717, 1.165) is 6.33 Å². The number of nitrogens with zero attached hydrogens (tertiary/aromatic N) is 4. The van der Waals surface area contributed by atoms with Crippen molar-refractivity contribution in [3.8, 4) is 0 Å². The summed E-state index contributed by atoms with van der Waals surface area (Å²) in [5, 5.41) is 9.78. The molecule has 0 spiro atoms. The van der Waals surface area contributed by atoms with Crippen molar-refractivity contribution in [2.24, 2.45) is 0 Å². The van der Waals surface area contributed by atoms with Crippen molar-refractivity contribution in [2.75, 3.05) is 12.1 Å². The maximum absolute atomic E-state index is 14.3. The zero-order valence-corrected chi connectivity index (χ0v) is 12.3. The SMILES string of the molecule is Nc1ncnc2c1ncn2[C@@H]1O[C@H](OCP(=O)(O)O)C(O)[C@@H]1F. The van der Waals surface area contributed by atoms with E-state index in [4.69, 9.17) is 25.0 Å². The minimum Gasteiger partial charge on any atom is -0.385 e. The number of halogens is 1. The number of nitrogens with two attached hydrogens (primary N) is 1. The number of hydrogen-bond acceptors (Lipinski definition) is 8. The van der Waals surface area contributed by atoms with E-state index in [1.54, 1.807) is 0 Å². The Morgan fingerprint density at radius 3 is 2.87 bits per heavy atom. The van der Waals surface area contributed by atoms with Crippen LogP contribution in [0.2, 0.25) is 0 Å². The Labute approximate surface area is 128 Å². The summed E-state index contributed by atoms with van der Waals surface area (Å²) < 4.78 is 36.2. The summed E-state index contributed by atoms with van der Waals surface area (Å²) in [7, 11) is -4.48. The van der Waals surface area contributed by atoms with Gasteiger partial charge in [-0.2, -0.15) is 0 Å². The van der Waals surface area contributed by atoms with E-state index in [9.17, 15) is 14.1 Å². The number of alkyl halides is 1. The molecule has 126 valence electrons. The molecular formula is C10H13FN5O6P. The Morgan fingerprint density at radius 2 is 2.17 bits per heavy atom. The molecule has 3 heterocycles. The first-order valence-electron chi connectivity index (χ1n) is 6.35. The summed E-state index contributed by atoms with van der Waals surface area (Å²) in [5.74, 6) is 0.0944. The van der Waals surface area contributed by atoms with Crippen LogP contribution in [0.25, 0.3) is 11.2 Å². The van der Waals surface area contributed by atoms with Crippen molar-refractivity contribution in [1.82, 2.24) is 19.5 Å². The summed E-state index contributed by atoms with van der Waals surface area (Å²) in [6, 6.07) is 0. The molecule has 23 heavy (non-hydrogen) atoms. The van der Waals surface area contributed by atoms with Gasteiger partial charge in [-0.1, -0.05) is 0 Å². The highest BCUT2D eigenvalue weighted by atomic mass is 31.2. The summed E-state index contributed by atoms with van der Waals surface area (Å²) in [6.45, 7) is 0. The van der Waals surface area contributed by atoms with E-state index < -0.39 is 38.7 Å². The number of nitrogen functional groups attached to an aromatic ring is 1. The predicted octanol–water partition coefficient (Wildman–Crippen LogP) is -0.886. The molecule has 0 amide bonds. The number of ether oxygens (including phenoxy) is 2. The van der Waals surface area contributed by atoms with Crippen molar-refractivity contribution >= 4 is 24.6 Å². The molecule has 4 atom stereocenters. The molecular weight excluding hydrogens is 336 g/mol. The Kier molecular flexibility index (Phi) is 4.04. The third kappa shape index (κ3) is 3.04. The van der Waals surface area contributed by atoms with Gasteiger partial charge < -0.3 is 30.1 Å². The highest BCUT2D eigenvalue weighted by Gasteiger charge is 2.47. The maximum atomic E-state index is 14.3. The minimum atomic E-state index is -4.48. The standard InChI is InChI=1S/C10H13FN5O6P/c11-4-6(17)10(21-3-23(18,19)20)22-9(4)16-2-15-5-7(12)13-1-14-8(5)16/h1-2,4,6,9-10,17H,3H2,(H2,12,13,14)(H2,18,19,20)/t4-,6?,9+,10-/m0/s1. The van der Waals surface area contributed by atoms with Gasteiger partial charge in [-0.05, 0) is 0 Å². The van der Waals surface area contributed by atoms with Crippen molar-refractivity contribution < 1.29 is 33.3 Å². The van der Waals surface area contributed by atoms with Crippen LogP contribution < -0.4 is 5.73 Å². The number of rotatable bonds is 4. The Hall–Kier alpha value is -1.69. The highest BCUT2D eigenvalue weighted by molar-refractivity contribution is 7.51. The second-order valence-corrected chi connectivity index (χ2v) is 6.46. The number of imidazole rings is 1. The minimum absolute atomic E-state index is 0.0944. The molecule has 1 saturated heterocycles. The molecule has 2 aromatic heterocycles. The smallest absolute Gasteiger partial charge is 0.351 e. The van der Waals surface area contributed by atoms with E-state index >= 15 is 0 Å². The first-order valence-corrected chi connectivity index (χ1v) is 8.14. The van der Waals surface area contributed by atoms with Gasteiger partial charge in [0.25, 0.3) is 0 Å². The van der Waals surface area contributed by atoms with Gasteiger partial charge in [-0.25, -0.2) is 19.3 Å². The van der Waals surface area contributed by atoms with Crippen molar-refractivity contribution in [3.05, 3.63) is 12.7 Å². The van der Waals surface area contributed by atoms with Gasteiger partial charge >= 0.3 is 7.60 Å². The molecule has 0 bridgehead atoms. The first kappa shape index (κ1) is 16.2. The second kappa shape index (κ2) is 5.74. The van der Waals surface area contributed by atoms with Crippen LogP contribution >= 0.6 is 7.60 Å². The van der Waals surface area contributed by atoms with Gasteiger partial charge in [0.15, 0.2) is 36.5 Å². The van der Waals surface area contributed by atoms with Crippen LogP contribution in [-0.4, -0.2) is 59.3 Å². The lowest BCUT2D eigenvalue weighted by Crippen LogP contribution is -2.30. The lowest BCUT2D eigenvalue weighted by Gasteiger charge is -2.16. The average molecular weight is 349 g/mol. The molecule has 1 aliphatic heterocycles. The molecule has 0 saturated carbocycles. The third-order valence-electron chi connectivity index (χ3n) is 3.22. The molecule has 0 aliphatic carbocycles. The summed E-state index contributed by atoms with van der Waals surface area (Å²) in [4.78, 5) is 29.2. The van der Waals surface area contributed by atoms with Gasteiger partial charge in [0.05, 0.1) is 6.33 Å². The van der Waals surface area contributed by atoms with E-state index in [0.29, 0.717) is 0 Å². The topological polar surface area (TPSA) is 166 Å². The lowest BCUT2D eigenvalue weighted by molar-refractivity contribution is -0.167. The zero-order chi connectivity index (χ0) is 16.8. The number of aromatic nitrogens is 4. The Bertz CT molecular complexity index is 767. The van der Waals surface area contributed by atoms with Crippen molar-refractivity contribution in [3.63, 3.8) is 0 Å². The highest BCUT2D eigenvalue weighted by Crippen LogP contribution is 2.39. The largest absolute Gasteiger partial charge is 0.385 e. The Balaban J connectivity index is 1.85. The van der Waals surface area contributed by atoms with E-state index in [2.05, 4.69) is 15.0 Å². The van der Waals surface area contributed by atoms with E-state index in [1.807, 2.05) is 0 Å². The molecule has 0 radical (unpaired) electrons. The summed E-state index contributed by atoms with van der Waals surface area (Å²) in [6.07, 6.45) is -5.17. The molecule has 1 fully saturated rings. The van der Waals surface area contributed by atoms with Crippen LogP contribution in [0, 0.1) is 0 Å². The normalized spacial score (nSPS) is 28.5. The van der Waals surface area contributed by atoms with Gasteiger partial charge in [-0.3, -0.25) is 9.13 Å². The molecule has 11 nitrogen and oxygen atoms in total. The quantitative estimate of drug-likeness (QED) is 0.509. The second-order valence-electron chi connectivity index (χ2n) is 4.87. The number of aliphatic hydroxyl groups excluding tert-OH is 1. The molecule has 1 unspecified atom stereocenters. The van der Waals surface area contributed by atoms with Crippen LogP contribution in [0.5, 0.6) is 0 Å². The molecule has 13 heteroatoms. The number of aliphatic hydroxyl groups is 1. The lowest BCUT2D eigenvalue weighted by atomic mass is 10.2. The van der Waals surface area contributed by atoms with Crippen molar-refractivity contribution in [1.29, 1.82) is 0 Å². The number of fused-ring (bicyclic) bond motifs is 1. The third-order valence-corrected chi connectivity index (χ3v) is 3.70. The molecule has 2 aromatic rings. The number of hydrogen-bond donors (Lipinski definition) is 4. The zero-order valence-electron chi connectivity index (χ0n) is 11.4. The summed E-state index contributed by atoms with van der Waals surface area (Å²) >= 11 is 0. The van der Waals surface area contributed by atoms with Crippen LogP contribution in [0.15, 0.2) is 12.7 Å². The van der Waals surface area contributed by atoms with Crippen LogP contribution in [0.3, 0.4) is 0 Å². The first-order chi connectivity index (χ1) is 10.8. The van der Waals surface area contributed by atoms with Gasteiger partial charge in [-0.15, -0.1) is 0 Å². The summed E-state index contributed by atoms with van der Waals surface area (Å²) in [5.41, 5.74) is 6.05. The Morgan fingerprint density at radius 1 is 1.43 bits per heavy atom. The predicted molar refractivity (Wildman–Crippen MR) is 72.5 cm³/mol. The maximum Gasteiger partial charge on any atom is 0.351 e. The van der Waals surface area contributed by atoms with Gasteiger partial charge in [0, 0.05) is 0 Å². The molecule has 1 aliphatic rings. The fourth-order valence-electron chi connectivity index (χ4n) is 2.20. The van der Waals surface area contributed by atoms with E-state index in [-0.39, 0.29) is 17.0 Å². The molecule has 5 N–H and O–H groups in total. The molecule has 0 aromatic carbocycles. The monoisotopic (exact) mass is 349 g/mol. The average Bonchev–Trinajstić information content (AvgIpc) is 3.01. The van der Waals surface area contributed by atoms with Crippen LogP contribution in [-0.2, 0) is 14.0 Å². The van der Waals surface area contributed by atoms with E-state index in [1.165, 1.54) is 10.9 Å². The van der Waals surface area contributed by atoms with Crippen LogP contribution in [0.4, 0.5) is 10.2 Å². The molecule has 3 rings (SSSR count). The van der Waals surface area contributed by atoms with Crippen LogP contribution in [0.1, 0.15) is 6.23 Å². The van der Waals surface area contributed by atoms with Crippen molar-refractivity contribution in [2.45, 2.75) is 24.8 Å². The fraction of sp³-hybridized carbons (Fsp3) is 0.500. The van der Waals surface area contributed by atoms with Gasteiger partial charge in [0.1, 0.15) is 17.9 Å².